The van der Waals surface area contributed by atoms with Crippen LogP contribution in [0, 0.1) is 5.82 Å². The number of hydrogen-bond donors (Lipinski definition) is 2. The molecular weight excluding hydrogens is 445 g/mol. The summed E-state index contributed by atoms with van der Waals surface area (Å²) in [5.74, 6) is 0.936. The van der Waals surface area contributed by atoms with Crippen LogP contribution in [-0.4, -0.2) is 56.2 Å². The van der Waals surface area contributed by atoms with E-state index in [4.69, 9.17) is 4.74 Å². The van der Waals surface area contributed by atoms with Gasteiger partial charge in [0, 0.05) is 25.2 Å². The van der Waals surface area contributed by atoms with Crippen LogP contribution in [0.2, 0.25) is 0 Å². The molecule has 1 fully saturated rings. The number of β-amino-alcohol motifs (C(OH)–C–C–N with tert-alkyl or cyclic N) is 1. The zero-order valence-corrected chi connectivity index (χ0v) is 18.8. The largest absolute Gasteiger partial charge is 0.480 e. The molecule has 0 radical (unpaired) electrons. The summed E-state index contributed by atoms with van der Waals surface area (Å²) in [6, 6.07) is 5.43. The molecular formula is C23H24FN5O3S. The lowest BCUT2D eigenvalue weighted by Gasteiger charge is -2.37. The van der Waals surface area contributed by atoms with Gasteiger partial charge in [-0.2, -0.15) is 0 Å². The first-order valence-corrected chi connectivity index (χ1v) is 12.1. The number of likely N-dealkylation sites (tertiary alicyclic amines) is 1. The standard InChI is InChI=1S/C23H24FN5O3S/c24-16-9-27-17-1-2-20(30)29-12-23(31,21(16)22(17)29)11-28-5-3-14(4-6-28)25-8-15-7-19-18(10-26-15)32-13-33-19/h1-2,7,9-10,14,25,31H,3-6,8,11-13H2/t23-/m0/s1. The molecule has 172 valence electrons. The Balaban J connectivity index is 1.10. The van der Waals surface area contributed by atoms with E-state index in [0.29, 0.717) is 29.6 Å². The van der Waals surface area contributed by atoms with Crippen LogP contribution in [0.15, 0.2) is 40.3 Å². The molecule has 2 N–H and O–H groups in total. The molecule has 8 nitrogen and oxygen atoms in total. The zero-order chi connectivity index (χ0) is 22.6. The number of fused-ring (bicyclic) bond motifs is 1. The van der Waals surface area contributed by atoms with Gasteiger partial charge in [-0.05, 0) is 38.1 Å². The van der Waals surface area contributed by atoms with Gasteiger partial charge in [0.2, 0.25) is 0 Å². The van der Waals surface area contributed by atoms with Gasteiger partial charge >= 0.3 is 0 Å². The zero-order valence-electron chi connectivity index (χ0n) is 18.0. The average Bonchev–Trinajstić information content (AvgIpc) is 3.40. The monoisotopic (exact) mass is 469 g/mol. The van der Waals surface area contributed by atoms with Crippen molar-refractivity contribution in [2.45, 2.75) is 42.5 Å². The summed E-state index contributed by atoms with van der Waals surface area (Å²) in [6.07, 6.45) is 4.76. The third-order valence-electron chi connectivity index (χ3n) is 6.80. The fourth-order valence-corrected chi connectivity index (χ4v) is 5.95. The normalized spacial score (nSPS) is 22.6. The number of nitrogens with one attached hydrogen (secondary N) is 1. The number of piperidine rings is 1. The molecule has 0 spiro atoms. The van der Waals surface area contributed by atoms with Gasteiger partial charge in [0.05, 0.1) is 46.1 Å². The Hall–Kier alpha value is -2.53. The molecule has 0 saturated carbocycles. The summed E-state index contributed by atoms with van der Waals surface area (Å²) in [5.41, 5.74) is 0.416. The highest BCUT2D eigenvalue weighted by Crippen LogP contribution is 2.38. The van der Waals surface area contributed by atoms with E-state index in [2.05, 4.69) is 26.3 Å². The van der Waals surface area contributed by atoms with Gasteiger partial charge in [-0.1, -0.05) is 11.8 Å². The predicted molar refractivity (Wildman–Crippen MR) is 122 cm³/mol. The van der Waals surface area contributed by atoms with Crippen molar-refractivity contribution in [2.24, 2.45) is 0 Å². The molecule has 6 heterocycles. The van der Waals surface area contributed by atoms with Crippen molar-refractivity contribution in [3.8, 4) is 5.75 Å². The fourth-order valence-electron chi connectivity index (χ4n) is 5.16. The first-order chi connectivity index (χ1) is 16.0. The van der Waals surface area contributed by atoms with E-state index in [1.165, 1.54) is 10.6 Å². The van der Waals surface area contributed by atoms with Crippen molar-refractivity contribution in [3.05, 3.63) is 58.0 Å². The number of nitrogens with zero attached hydrogens (tertiary/aromatic N) is 4. The second-order valence-corrected chi connectivity index (χ2v) is 9.93. The van der Waals surface area contributed by atoms with E-state index in [9.17, 15) is 14.3 Å². The van der Waals surface area contributed by atoms with Gasteiger partial charge in [0.1, 0.15) is 17.4 Å². The minimum atomic E-state index is -1.45. The number of aliphatic hydroxyl groups is 1. The predicted octanol–water partition coefficient (Wildman–Crippen LogP) is 1.83. The second kappa shape index (κ2) is 8.05. The molecule has 33 heavy (non-hydrogen) atoms. The van der Waals surface area contributed by atoms with E-state index >= 15 is 0 Å². The van der Waals surface area contributed by atoms with Crippen molar-refractivity contribution in [1.29, 1.82) is 0 Å². The highest BCUT2D eigenvalue weighted by Gasteiger charge is 2.43. The first-order valence-electron chi connectivity index (χ1n) is 11.1. The molecule has 0 aromatic carbocycles. The molecule has 3 aromatic rings. The minimum Gasteiger partial charge on any atom is -0.480 e. The van der Waals surface area contributed by atoms with Crippen LogP contribution in [0.3, 0.4) is 0 Å². The summed E-state index contributed by atoms with van der Waals surface area (Å²) in [4.78, 5) is 24.2. The number of ether oxygens (including phenoxy) is 1. The molecule has 3 aromatic heterocycles. The first kappa shape index (κ1) is 21.0. The maximum absolute atomic E-state index is 14.8. The smallest absolute Gasteiger partial charge is 0.251 e. The maximum Gasteiger partial charge on any atom is 0.251 e. The van der Waals surface area contributed by atoms with E-state index < -0.39 is 11.4 Å². The fraction of sp³-hybridized carbons (Fsp3) is 0.435. The number of thioether (sulfide) groups is 1. The topological polar surface area (TPSA) is 92.5 Å². The van der Waals surface area contributed by atoms with Crippen molar-refractivity contribution in [1.82, 2.24) is 24.8 Å². The summed E-state index contributed by atoms with van der Waals surface area (Å²) >= 11 is 1.68. The molecule has 0 amide bonds. The Morgan fingerprint density at radius 2 is 2.12 bits per heavy atom. The third kappa shape index (κ3) is 3.71. The Bertz CT molecular complexity index is 1290. The van der Waals surface area contributed by atoms with Gasteiger partial charge in [-0.3, -0.25) is 19.7 Å². The lowest BCUT2D eigenvalue weighted by Crippen LogP contribution is -2.48. The van der Waals surface area contributed by atoms with Crippen LogP contribution in [-0.2, 0) is 18.7 Å². The van der Waals surface area contributed by atoms with Crippen LogP contribution < -0.4 is 15.6 Å². The summed E-state index contributed by atoms with van der Waals surface area (Å²) < 4.78 is 21.7. The lowest BCUT2D eigenvalue weighted by molar-refractivity contribution is -0.0159. The summed E-state index contributed by atoms with van der Waals surface area (Å²) in [7, 11) is 0. The van der Waals surface area contributed by atoms with Crippen LogP contribution in [0.1, 0.15) is 24.1 Å². The van der Waals surface area contributed by atoms with E-state index in [0.717, 1.165) is 48.5 Å². The molecule has 0 unspecified atom stereocenters. The summed E-state index contributed by atoms with van der Waals surface area (Å²) in [6.45, 7) is 2.58. The minimum absolute atomic E-state index is 0.0466. The van der Waals surface area contributed by atoms with Crippen molar-refractivity contribution in [3.63, 3.8) is 0 Å². The van der Waals surface area contributed by atoms with Gasteiger partial charge in [-0.15, -0.1) is 0 Å². The molecule has 3 aliphatic rings. The Morgan fingerprint density at radius 1 is 1.27 bits per heavy atom. The molecule has 6 rings (SSSR count). The summed E-state index contributed by atoms with van der Waals surface area (Å²) in [5, 5.41) is 15.1. The van der Waals surface area contributed by atoms with Crippen molar-refractivity contribution < 1.29 is 14.2 Å². The number of rotatable bonds is 5. The van der Waals surface area contributed by atoms with Crippen LogP contribution in [0.4, 0.5) is 4.39 Å². The second-order valence-electron chi connectivity index (χ2n) is 8.96. The molecule has 0 aliphatic carbocycles. The number of pyridine rings is 3. The lowest BCUT2D eigenvalue weighted by atomic mass is 9.93. The highest BCUT2D eigenvalue weighted by atomic mass is 32.2. The van der Waals surface area contributed by atoms with E-state index in [1.54, 1.807) is 24.0 Å². The van der Waals surface area contributed by atoms with Crippen LogP contribution in [0.25, 0.3) is 11.0 Å². The SMILES string of the molecule is O=c1ccc2ncc(F)c3c2n1C[C@@]3(O)CN1CCC(NCc2cc3c(cn2)OCS3)CC1. The number of halogens is 1. The van der Waals surface area contributed by atoms with Crippen LogP contribution in [0.5, 0.6) is 5.75 Å². The quantitative estimate of drug-likeness (QED) is 0.585. The van der Waals surface area contributed by atoms with Crippen molar-refractivity contribution >= 4 is 22.8 Å². The number of aromatic nitrogens is 3. The average molecular weight is 470 g/mol. The van der Waals surface area contributed by atoms with Crippen LogP contribution >= 0.6 is 11.8 Å². The number of hydrogen-bond acceptors (Lipinski definition) is 8. The van der Waals surface area contributed by atoms with Gasteiger partial charge in [0.25, 0.3) is 5.56 Å². The molecule has 1 atom stereocenters. The Kier molecular flexibility index (Phi) is 5.13. The maximum atomic E-state index is 14.8. The molecule has 10 heteroatoms. The molecule has 0 bridgehead atoms. The Labute approximate surface area is 193 Å². The van der Waals surface area contributed by atoms with E-state index in [-0.39, 0.29) is 24.2 Å². The highest BCUT2D eigenvalue weighted by molar-refractivity contribution is 7.99. The third-order valence-corrected chi connectivity index (χ3v) is 7.67. The Morgan fingerprint density at radius 3 is 2.97 bits per heavy atom. The molecule has 3 aliphatic heterocycles. The van der Waals surface area contributed by atoms with Gasteiger partial charge in [-0.25, -0.2) is 4.39 Å². The van der Waals surface area contributed by atoms with Gasteiger partial charge in [0.15, 0.2) is 5.75 Å². The van der Waals surface area contributed by atoms with Crippen molar-refractivity contribution in [2.75, 3.05) is 25.6 Å². The van der Waals surface area contributed by atoms with E-state index in [1.807, 2.05) is 0 Å². The van der Waals surface area contributed by atoms with Gasteiger partial charge < -0.3 is 19.7 Å². The molecule has 1 saturated heterocycles.